The summed E-state index contributed by atoms with van der Waals surface area (Å²) in [5.74, 6) is 0.883. The second-order valence-electron chi connectivity index (χ2n) is 6.25. The zero-order chi connectivity index (χ0) is 15.9. The number of nitrogens with zero attached hydrogens (tertiary/aromatic N) is 1. The molecule has 0 aromatic carbocycles. The van der Waals surface area contributed by atoms with E-state index in [0.29, 0.717) is 13.1 Å². The van der Waals surface area contributed by atoms with Crippen LogP contribution in [0.15, 0.2) is 12.4 Å². The van der Waals surface area contributed by atoms with E-state index < -0.39 is 5.60 Å². The van der Waals surface area contributed by atoms with Gasteiger partial charge in [-0.2, -0.15) is 0 Å². The van der Waals surface area contributed by atoms with Crippen LogP contribution in [0.5, 0.6) is 0 Å². The van der Waals surface area contributed by atoms with Crippen LogP contribution in [0.4, 0.5) is 4.79 Å². The molecule has 0 saturated carbocycles. The second kappa shape index (κ2) is 7.45. The molecule has 0 aliphatic carbocycles. The van der Waals surface area contributed by atoms with E-state index in [-0.39, 0.29) is 11.6 Å². The number of nitrogens with one attached hydrogen (secondary N) is 3. The zero-order valence-corrected chi connectivity index (χ0v) is 13.7. The third-order valence-electron chi connectivity index (χ3n) is 3.43. The summed E-state index contributed by atoms with van der Waals surface area (Å²) in [6.45, 7) is 11.0. The first-order valence-electron chi connectivity index (χ1n) is 7.50. The highest BCUT2D eigenvalue weighted by atomic mass is 16.6. The highest BCUT2D eigenvalue weighted by Gasteiger charge is 2.30. The van der Waals surface area contributed by atoms with Crippen LogP contribution in [0, 0.1) is 0 Å². The van der Waals surface area contributed by atoms with Gasteiger partial charge in [-0.25, -0.2) is 9.78 Å². The summed E-state index contributed by atoms with van der Waals surface area (Å²) in [7, 11) is 0. The van der Waals surface area contributed by atoms with Gasteiger partial charge in [-0.05, 0) is 33.6 Å². The first kappa shape index (κ1) is 17.5. The van der Waals surface area contributed by atoms with Crippen LogP contribution < -0.4 is 10.6 Å². The molecule has 120 valence electrons. The number of hydrogen-bond donors (Lipinski definition) is 3. The number of ether oxygens (including phenoxy) is 1. The summed E-state index contributed by atoms with van der Waals surface area (Å²) in [6.07, 6.45) is 4.80. The highest BCUT2D eigenvalue weighted by Crippen LogP contribution is 2.16. The number of imidazole rings is 1. The molecule has 0 saturated heterocycles. The summed E-state index contributed by atoms with van der Waals surface area (Å²) in [5, 5.41) is 6.35. The van der Waals surface area contributed by atoms with Crippen LogP contribution in [-0.4, -0.2) is 33.7 Å². The van der Waals surface area contributed by atoms with Gasteiger partial charge in [0.2, 0.25) is 0 Å². The maximum absolute atomic E-state index is 12.0. The van der Waals surface area contributed by atoms with Crippen molar-refractivity contribution in [3.63, 3.8) is 0 Å². The van der Waals surface area contributed by atoms with Crippen LogP contribution >= 0.6 is 0 Å². The molecule has 0 spiro atoms. The lowest BCUT2D eigenvalue weighted by Crippen LogP contribution is -2.55. The molecule has 1 aromatic rings. The molecule has 0 radical (unpaired) electrons. The first-order chi connectivity index (χ1) is 9.80. The number of aromatic amines is 1. The van der Waals surface area contributed by atoms with Crippen molar-refractivity contribution in [2.24, 2.45) is 0 Å². The van der Waals surface area contributed by atoms with Gasteiger partial charge >= 0.3 is 6.09 Å². The summed E-state index contributed by atoms with van der Waals surface area (Å²) in [4.78, 5) is 19.2. The average Bonchev–Trinajstić information content (AvgIpc) is 2.88. The summed E-state index contributed by atoms with van der Waals surface area (Å²) in [6, 6.07) is 0. The molecule has 6 nitrogen and oxygen atoms in total. The van der Waals surface area contributed by atoms with Crippen LogP contribution in [0.25, 0.3) is 0 Å². The Hall–Kier alpha value is -1.56. The standard InChI is InChI=1S/C15H28N4O2/c1-6-15(7-2,19-13(20)21-14(3,4)5)11-16-10-12-17-8-9-18-12/h8-9,16H,6-7,10-11H2,1-5H3,(H,17,18)(H,19,20). The summed E-state index contributed by atoms with van der Waals surface area (Å²) in [5.41, 5.74) is -0.798. The molecule has 0 fully saturated rings. The normalized spacial score (nSPS) is 12.2. The third kappa shape index (κ3) is 6.16. The van der Waals surface area contributed by atoms with Crippen molar-refractivity contribution in [3.8, 4) is 0 Å². The van der Waals surface area contributed by atoms with E-state index in [4.69, 9.17) is 4.74 Å². The molecule has 1 aromatic heterocycles. The Kier molecular flexibility index (Phi) is 6.20. The van der Waals surface area contributed by atoms with Crippen molar-refractivity contribution in [3.05, 3.63) is 18.2 Å². The molecular formula is C15H28N4O2. The third-order valence-corrected chi connectivity index (χ3v) is 3.43. The fraction of sp³-hybridized carbons (Fsp3) is 0.733. The minimum absolute atomic E-state index is 0.311. The molecule has 3 N–H and O–H groups in total. The molecule has 0 bridgehead atoms. The molecule has 1 heterocycles. The number of amides is 1. The molecular weight excluding hydrogens is 268 g/mol. The fourth-order valence-corrected chi connectivity index (χ4v) is 2.06. The smallest absolute Gasteiger partial charge is 0.408 e. The van der Waals surface area contributed by atoms with Crippen molar-refractivity contribution in [2.75, 3.05) is 6.54 Å². The van der Waals surface area contributed by atoms with Crippen LogP contribution in [-0.2, 0) is 11.3 Å². The van der Waals surface area contributed by atoms with Gasteiger partial charge in [0.05, 0.1) is 12.1 Å². The number of carbonyl (C=O) groups excluding carboxylic acids is 1. The molecule has 1 amide bonds. The topological polar surface area (TPSA) is 79.0 Å². The Morgan fingerprint density at radius 2 is 2.00 bits per heavy atom. The van der Waals surface area contributed by atoms with Crippen LogP contribution in [0.2, 0.25) is 0 Å². The lowest BCUT2D eigenvalue weighted by Gasteiger charge is -2.34. The van der Waals surface area contributed by atoms with E-state index in [2.05, 4.69) is 34.4 Å². The molecule has 21 heavy (non-hydrogen) atoms. The van der Waals surface area contributed by atoms with Gasteiger partial charge < -0.3 is 20.4 Å². The Balaban J connectivity index is 2.54. The molecule has 0 aliphatic heterocycles. The van der Waals surface area contributed by atoms with Gasteiger partial charge in [-0.15, -0.1) is 0 Å². The maximum Gasteiger partial charge on any atom is 0.408 e. The van der Waals surface area contributed by atoms with Gasteiger partial charge in [0.15, 0.2) is 0 Å². The highest BCUT2D eigenvalue weighted by molar-refractivity contribution is 5.68. The summed E-state index contributed by atoms with van der Waals surface area (Å²) < 4.78 is 5.35. The molecule has 6 heteroatoms. The van der Waals surface area contributed by atoms with Gasteiger partial charge in [-0.1, -0.05) is 13.8 Å². The molecule has 0 unspecified atom stereocenters. The van der Waals surface area contributed by atoms with Gasteiger partial charge in [0, 0.05) is 18.9 Å². The number of rotatable bonds is 7. The SMILES string of the molecule is CCC(CC)(CNCc1ncc[nH]1)NC(=O)OC(C)(C)C. The second-order valence-corrected chi connectivity index (χ2v) is 6.25. The van der Waals surface area contributed by atoms with Crippen LogP contribution in [0.3, 0.4) is 0 Å². The van der Waals surface area contributed by atoms with E-state index in [1.807, 2.05) is 20.8 Å². The van der Waals surface area contributed by atoms with Crippen LogP contribution in [0.1, 0.15) is 53.3 Å². The maximum atomic E-state index is 12.0. The zero-order valence-electron chi connectivity index (χ0n) is 13.7. The van der Waals surface area contributed by atoms with Crippen molar-refractivity contribution < 1.29 is 9.53 Å². The molecule has 0 atom stereocenters. The Bertz CT molecular complexity index is 419. The van der Waals surface area contributed by atoms with Crippen molar-refractivity contribution in [1.82, 2.24) is 20.6 Å². The number of carbonyl (C=O) groups is 1. The largest absolute Gasteiger partial charge is 0.444 e. The van der Waals surface area contributed by atoms with Crippen molar-refractivity contribution >= 4 is 6.09 Å². The first-order valence-corrected chi connectivity index (χ1v) is 7.50. The lowest BCUT2D eigenvalue weighted by molar-refractivity contribution is 0.0446. The number of hydrogen-bond acceptors (Lipinski definition) is 4. The molecule has 0 aliphatic rings. The number of H-pyrrole nitrogens is 1. The van der Waals surface area contributed by atoms with Gasteiger partial charge in [-0.3, -0.25) is 0 Å². The molecule has 1 rings (SSSR count). The predicted molar refractivity (Wildman–Crippen MR) is 83.0 cm³/mol. The fourth-order valence-electron chi connectivity index (χ4n) is 2.06. The Labute approximate surface area is 127 Å². The van der Waals surface area contributed by atoms with E-state index in [1.165, 1.54) is 0 Å². The number of alkyl carbamates (subject to hydrolysis) is 1. The van der Waals surface area contributed by atoms with Crippen molar-refractivity contribution in [2.45, 2.75) is 65.1 Å². The monoisotopic (exact) mass is 296 g/mol. The lowest BCUT2D eigenvalue weighted by atomic mass is 9.93. The number of aromatic nitrogens is 2. The van der Waals surface area contributed by atoms with Crippen molar-refractivity contribution in [1.29, 1.82) is 0 Å². The Morgan fingerprint density at radius 1 is 1.33 bits per heavy atom. The quantitative estimate of drug-likeness (QED) is 0.722. The van der Waals surface area contributed by atoms with Gasteiger partial charge in [0.1, 0.15) is 11.4 Å². The minimum Gasteiger partial charge on any atom is -0.444 e. The summed E-state index contributed by atoms with van der Waals surface area (Å²) >= 11 is 0. The predicted octanol–water partition coefficient (Wildman–Crippen LogP) is 2.58. The average molecular weight is 296 g/mol. The van der Waals surface area contributed by atoms with E-state index in [1.54, 1.807) is 12.4 Å². The Morgan fingerprint density at radius 3 is 2.48 bits per heavy atom. The van der Waals surface area contributed by atoms with E-state index in [9.17, 15) is 4.79 Å². The van der Waals surface area contributed by atoms with E-state index in [0.717, 1.165) is 18.7 Å². The van der Waals surface area contributed by atoms with Gasteiger partial charge in [0.25, 0.3) is 0 Å². The van der Waals surface area contributed by atoms with E-state index >= 15 is 0 Å². The minimum atomic E-state index is -0.487.